The zero-order valence-electron chi connectivity index (χ0n) is 27.8. The average molecular weight is 617 g/mol. The Balaban J connectivity index is 1.33. The average Bonchev–Trinajstić information content (AvgIpc) is 3.07. The molecular formula is C42H55F3. The largest absolute Gasteiger partial charge is 0.209 e. The molecule has 2 saturated carbocycles. The predicted octanol–water partition coefficient (Wildman–Crippen LogP) is 14.0. The van der Waals surface area contributed by atoms with Crippen LogP contribution in [0.3, 0.4) is 0 Å². The van der Waals surface area contributed by atoms with Crippen LogP contribution in [0, 0.1) is 23.6 Å². The summed E-state index contributed by atoms with van der Waals surface area (Å²) in [5, 5.41) is 0. The second-order valence-electron chi connectivity index (χ2n) is 13.6. The first-order chi connectivity index (χ1) is 21.9. The van der Waals surface area contributed by atoms with Gasteiger partial charge in [0.2, 0.25) is 0 Å². The van der Waals surface area contributed by atoms with Crippen molar-refractivity contribution < 1.29 is 13.2 Å². The van der Waals surface area contributed by atoms with Crippen LogP contribution < -0.4 is 0 Å². The van der Waals surface area contributed by atoms with E-state index in [2.05, 4.69) is 38.6 Å². The van der Waals surface area contributed by atoms with E-state index in [1.54, 1.807) is 30.3 Å². The number of hydrogen-bond acceptors (Lipinski definition) is 0. The lowest BCUT2D eigenvalue weighted by atomic mass is 9.68. The van der Waals surface area contributed by atoms with E-state index in [1.807, 2.05) is 6.07 Å². The summed E-state index contributed by atoms with van der Waals surface area (Å²) in [6.07, 6.45) is 25.3. The van der Waals surface area contributed by atoms with Crippen molar-refractivity contribution in [1.82, 2.24) is 0 Å². The summed E-state index contributed by atoms with van der Waals surface area (Å²) in [6.45, 7) is 7.93. The molecule has 2 aliphatic carbocycles. The fourth-order valence-corrected chi connectivity index (χ4v) is 7.77. The molecule has 0 spiro atoms. The van der Waals surface area contributed by atoms with Crippen LogP contribution in [0.25, 0.3) is 16.7 Å². The molecule has 0 heterocycles. The highest BCUT2D eigenvalue weighted by atomic mass is 19.2. The highest BCUT2D eigenvalue weighted by Gasteiger charge is 2.31. The van der Waals surface area contributed by atoms with E-state index < -0.39 is 11.7 Å². The Hall–Kier alpha value is -2.81. The Morgan fingerprint density at radius 1 is 0.844 bits per heavy atom. The van der Waals surface area contributed by atoms with Gasteiger partial charge in [-0.1, -0.05) is 113 Å². The Morgan fingerprint density at radius 2 is 1.51 bits per heavy atom. The monoisotopic (exact) mass is 616 g/mol. The van der Waals surface area contributed by atoms with E-state index in [-0.39, 0.29) is 17.8 Å². The summed E-state index contributed by atoms with van der Waals surface area (Å²) in [6, 6.07) is 12.8. The van der Waals surface area contributed by atoms with Crippen LogP contribution in [0.4, 0.5) is 13.2 Å². The summed E-state index contributed by atoms with van der Waals surface area (Å²) >= 11 is 0. The van der Waals surface area contributed by atoms with Crippen LogP contribution in [-0.4, -0.2) is 0 Å². The van der Waals surface area contributed by atoms with Gasteiger partial charge in [0.1, 0.15) is 11.6 Å². The lowest BCUT2D eigenvalue weighted by Gasteiger charge is -2.38. The van der Waals surface area contributed by atoms with E-state index in [0.717, 1.165) is 67.4 Å². The molecule has 2 aromatic rings. The lowest BCUT2D eigenvalue weighted by Crippen LogP contribution is -2.25. The van der Waals surface area contributed by atoms with E-state index in [4.69, 9.17) is 0 Å². The zero-order chi connectivity index (χ0) is 32.0. The maximum absolute atomic E-state index is 15.5. The topological polar surface area (TPSA) is 0 Å². The quantitative estimate of drug-likeness (QED) is 0.106. The maximum atomic E-state index is 15.5. The Kier molecular flexibility index (Phi) is 14.3. The van der Waals surface area contributed by atoms with Gasteiger partial charge in [0, 0.05) is 17.6 Å². The summed E-state index contributed by atoms with van der Waals surface area (Å²) < 4.78 is 45.3. The SMILES string of the molecule is C=C/C=C(\C(F)=C(\F)CCCCCCC)c1ccc(-c2ccc(C3CCC(C4CCC(CC/C=C/C)CC4)CC3)cc2F)cc1. The van der Waals surface area contributed by atoms with Crippen LogP contribution >= 0.6 is 0 Å². The molecule has 4 rings (SSSR count). The van der Waals surface area contributed by atoms with Gasteiger partial charge in [-0.25, -0.2) is 13.2 Å². The molecule has 0 radical (unpaired) electrons. The number of halogens is 3. The molecule has 0 unspecified atom stereocenters. The van der Waals surface area contributed by atoms with Gasteiger partial charge in [0.15, 0.2) is 5.83 Å². The minimum atomic E-state index is -0.837. The highest BCUT2D eigenvalue weighted by molar-refractivity contribution is 5.80. The molecule has 0 saturated heterocycles. The van der Waals surface area contributed by atoms with Crippen molar-refractivity contribution in [1.29, 1.82) is 0 Å². The van der Waals surface area contributed by atoms with Gasteiger partial charge in [-0.15, -0.1) is 0 Å². The van der Waals surface area contributed by atoms with Gasteiger partial charge in [0.25, 0.3) is 0 Å². The normalized spacial score (nSPS) is 23.3. The molecule has 0 bridgehead atoms. The molecule has 0 nitrogen and oxygen atoms in total. The first kappa shape index (κ1) is 35.1. The number of allylic oxidation sites excluding steroid dienone is 7. The second-order valence-corrected chi connectivity index (χ2v) is 13.6. The van der Waals surface area contributed by atoms with Crippen LogP contribution in [0.15, 0.2) is 85.0 Å². The molecule has 0 atom stereocenters. The first-order valence-electron chi connectivity index (χ1n) is 17.8. The predicted molar refractivity (Wildman–Crippen MR) is 187 cm³/mol. The molecule has 3 heteroatoms. The van der Waals surface area contributed by atoms with Gasteiger partial charge in [-0.3, -0.25) is 0 Å². The molecule has 0 aliphatic heterocycles. The second kappa shape index (κ2) is 18.4. The van der Waals surface area contributed by atoms with E-state index in [0.29, 0.717) is 23.5 Å². The molecule has 2 fully saturated rings. The summed E-state index contributed by atoms with van der Waals surface area (Å²) in [5.41, 5.74) is 3.09. The number of unbranched alkanes of at least 4 members (excludes halogenated alkanes) is 4. The van der Waals surface area contributed by atoms with Crippen molar-refractivity contribution in [3.05, 3.63) is 102 Å². The van der Waals surface area contributed by atoms with E-state index in [1.165, 1.54) is 63.5 Å². The van der Waals surface area contributed by atoms with Gasteiger partial charge < -0.3 is 0 Å². The standard InChI is InChI=1S/C42H55F3/c1-4-7-9-10-12-15-40(43)42(45)39(13-6-3)36-26-24-35(25-27-36)38-29-28-37(30-41(38)44)34-22-20-33(21-23-34)32-18-16-31(17-19-32)14-11-8-5-2/h5-6,8,13,24-34H,3-4,7,9-12,14-23H2,1-2H3/b8-5+,39-13-,42-40-. The first-order valence-corrected chi connectivity index (χ1v) is 17.8. The van der Waals surface area contributed by atoms with Gasteiger partial charge in [-0.2, -0.15) is 0 Å². The molecule has 0 N–H and O–H groups in total. The Bertz CT molecular complexity index is 1280. The fraction of sp³-hybridized carbons (Fsp3) is 0.524. The molecule has 2 aliphatic rings. The molecule has 0 aromatic heterocycles. The zero-order valence-corrected chi connectivity index (χ0v) is 27.8. The number of benzene rings is 2. The minimum absolute atomic E-state index is 0.0969. The summed E-state index contributed by atoms with van der Waals surface area (Å²) in [5.74, 6) is 1.27. The Labute approximate surface area is 271 Å². The number of hydrogen-bond donors (Lipinski definition) is 0. The summed E-state index contributed by atoms with van der Waals surface area (Å²) in [4.78, 5) is 0. The van der Waals surface area contributed by atoms with Crippen LogP contribution in [0.1, 0.15) is 134 Å². The highest BCUT2D eigenvalue weighted by Crippen LogP contribution is 2.45. The molecule has 244 valence electrons. The van der Waals surface area contributed by atoms with E-state index in [9.17, 15) is 4.39 Å². The molecule has 45 heavy (non-hydrogen) atoms. The minimum Gasteiger partial charge on any atom is -0.209 e. The number of rotatable bonds is 15. The molecule has 2 aromatic carbocycles. The fourth-order valence-electron chi connectivity index (χ4n) is 7.77. The van der Waals surface area contributed by atoms with Crippen molar-refractivity contribution in [2.24, 2.45) is 17.8 Å². The van der Waals surface area contributed by atoms with Crippen molar-refractivity contribution in [3.8, 4) is 11.1 Å². The van der Waals surface area contributed by atoms with Crippen molar-refractivity contribution in [3.63, 3.8) is 0 Å². The summed E-state index contributed by atoms with van der Waals surface area (Å²) in [7, 11) is 0. The maximum Gasteiger partial charge on any atom is 0.162 e. The third kappa shape index (κ3) is 10.1. The molecule has 0 amide bonds. The van der Waals surface area contributed by atoms with Crippen LogP contribution in [0.2, 0.25) is 0 Å². The van der Waals surface area contributed by atoms with Crippen molar-refractivity contribution in [2.75, 3.05) is 0 Å². The van der Waals surface area contributed by atoms with Crippen molar-refractivity contribution in [2.45, 2.75) is 122 Å². The van der Waals surface area contributed by atoms with Crippen LogP contribution in [-0.2, 0) is 0 Å². The third-order valence-electron chi connectivity index (χ3n) is 10.5. The smallest absolute Gasteiger partial charge is 0.162 e. The lowest BCUT2D eigenvalue weighted by molar-refractivity contribution is 0.157. The van der Waals surface area contributed by atoms with Gasteiger partial charge in [0.05, 0.1) is 0 Å². The van der Waals surface area contributed by atoms with Gasteiger partial charge in [-0.05, 0) is 111 Å². The third-order valence-corrected chi connectivity index (χ3v) is 10.5. The van der Waals surface area contributed by atoms with Gasteiger partial charge >= 0.3 is 0 Å². The van der Waals surface area contributed by atoms with E-state index >= 15 is 8.78 Å². The van der Waals surface area contributed by atoms with Crippen LogP contribution in [0.5, 0.6) is 0 Å². The van der Waals surface area contributed by atoms with Crippen molar-refractivity contribution >= 4 is 5.57 Å². The Morgan fingerprint density at radius 3 is 2.13 bits per heavy atom. The molecular weight excluding hydrogens is 561 g/mol.